The fourth-order valence-electron chi connectivity index (χ4n) is 2.67. The number of carbonyl (C=O) groups excluding carboxylic acids is 1. The molecule has 7 nitrogen and oxygen atoms in total. The van der Waals surface area contributed by atoms with Gasteiger partial charge in [-0.1, -0.05) is 17.8 Å². The Morgan fingerprint density at radius 3 is 3.00 bits per heavy atom. The molecule has 0 saturated carbocycles. The van der Waals surface area contributed by atoms with Crippen LogP contribution in [0.1, 0.15) is 12.5 Å². The molecule has 2 aromatic carbocycles. The van der Waals surface area contributed by atoms with Crippen molar-refractivity contribution < 1.29 is 14.6 Å². The van der Waals surface area contributed by atoms with Crippen molar-refractivity contribution >= 4 is 67.6 Å². The van der Waals surface area contributed by atoms with Crippen molar-refractivity contribution in [2.75, 3.05) is 12.4 Å². The standard InChI is InChI=1S/C21H18N4O3S3/c1-12(19(27)25-20-22-8-9-29-20)30-21-24-15-7-6-14(10-17(15)31-21)23-11-13-4-3-5-16(28-2)18(13)26/h3-12,26H,1-2H3,(H,22,25,27)/t12-/m1/s1. The molecule has 0 unspecified atom stereocenters. The molecule has 158 valence electrons. The number of carbonyl (C=O) groups is 1. The summed E-state index contributed by atoms with van der Waals surface area (Å²) in [6, 6.07) is 10.9. The third-order valence-electron chi connectivity index (χ3n) is 4.26. The number of nitrogens with zero attached hydrogens (tertiary/aromatic N) is 3. The Morgan fingerprint density at radius 2 is 2.23 bits per heavy atom. The first-order chi connectivity index (χ1) is 15.0. The topological polar surface area (TPSA) is 96.7 Å². The first-order valence-corrected chi connectivity index (χ1v) is 11.8. The zero-order valence-electron chi connectivity index (χ0n) is 16.6. The lowest BCUT2D eigenvalue weighted by molar-refractivity contribution is -0.115. The minimum absolute atomic E-state index is 0.0521. The number of ether oxygens (including phenoxy) is 1. The average Bonchev–Trinajstić information content (AvgIpc) is 3.41. The molecule has 0 saturated heterocycles. The molecule has 2 N–H and O–H groups in total. The van der Waals surface area contributed by atoms with E-state index in [0.29, 0.717) is 16.4 Å². The van der Waals surface area contributed by atoms with Crippen LogP contribution in [0.2, 0.25) is 0 Å². The van der Waals surface area contributed by atoms with Crippen LogP contribution in [0, 0.1) is 0 Å². The number of phenolic OH excluding ortho intramolecular Hbond substituents is 1. The maximum absolute atomic E-state index is 12.3. The molecule has 4 rings (SSSR count). The summed E-state index contributed by atoms with van der Waals surface area (Å²) in [5.74, 6) is 0.343. The van der Waals surface area contributed by atoms with Crippen LogP contribution in [0.25, 0.3) is 10.2 Å². The highest BCUT2D eigenvalue weighted by Gasteiger charge is 2.18. The van der Waals surface area contributed by atoms with Crippen molar-refractivity contribution in [2.24, 2.45) is 4.99 Å². The zero-order chi connectivity index (χ0) is 21.8. The molecular formula is C21H18N4O3S3. The summed E-state index contributed by atoms with van der Waals surface area (Å²) < 4.78 is 6.90. The monoisotopic (exact) mass is 470 g/mol. The van der Waals surface area contributed by atoms with Crippen LogP contribution in [0.3, 0.4) is 0 Å². The van der Waals surface area contributed by atoms with E-state index in [1.807, 2.05) is 30.5 Å². The lowest BCUT2D eigenvalue weighted by atomic mass is 10.2. The quantitative estimate of drug-likeness (QED) is 0.280. The van der Waals surface area contributed by atoms with Gasteiger partial charge in [0.15, 0.2) is 21.0 Å². The molecule has 0 aliphatic rings. The van der Waals surface area contributed by atoms with E-state index >= 15 is 0 Å². The minimum Gasteiger partial charge on any atom is -0.504 e. The van der Waals surface area contributed by atoms with Crippen molar-refractivity contribution in [3.63, 3.8) is 0 Å². The summed E-state index contributed by atoms with van der Waals surface area (Å²) in [6.45, 7) is 1.84. The Hall–Kier alpha value is -2.95. The molecule has 2 aromatic heterocycles. The largest absolute Gasteiger partial charge is 0.504 e. The van der Waals surface area contributed by atoms with Gasteiger partial charge < -0.3 is 15.2 Å². The van der Waals surface area contributed by atoms with Gasteiger partial charge in [-0.2, -0.15) is 0 Å². The summed E-state index contributed by atoms with van der Waals surface area (Å²) >= 11 is 4.30. The second-order valence-electron chi connectivity index (χ2n) is 6.37. The third kappa shape index (κ3) is 5.04. The number of anilines is 1. The molecule has 0 aliphatic heterocycles. The van der Waals surface area contributed by atoms with Crippen LogP contribution in [-0.2, 0) is 4.79 Å². The maximum atomic E-state index is 12.3. The van der Waals surface area contributed by atoms with Gasteiger partial charge in [0.05, 0.1) is 28.3 Å². The van der Waals surface area contributed by atoms with E-state index in [0.717, 1.165) is 20.2 Å². The minimum atomic E-state index is -0.307. The molecule has 1 amide bonds. The highest BCUT2D eigenvalue weighted by molar-refractivity contribution is 8.02. The van der Waals surface area contributed by atoms with E-state index in [-0.39, 0.29) is 16.9 Å². The number of para-hydroxylation sites is 1. The van der Waals surface area contributed by atoms with E-state index in [1.165, 1.54) is 41.5 Å². The van der Waals surface area contributed by atoms with Crippen LogP contribution >= 0.6 is 34.4 Å². The highest BCUT2D eigenvalue weighted by Crippen LogP contribution is 2.34. The maximum Gasteiger partial charge on any atom is 0.239 e. The van der Waals surface area contributed by atoms with Gasteiger partial charge in [0.1, 0.15) is 0 Å². The Morgan fingerprint density at radius 1 is 1.35 bits per heavy atom. The van der Waals surface area contributed by atoms with Gasteiger partial charge in [-0.25, -0.2) is 9.97 Å². The van der Waals surface area contributed by atoms with Gasteiger partial charge in [-0.15, -0.1) is 22.7 Å². The Balaban J connectivity index is 1.47. The van der Waals surface area contributed by atoms with Crippen molar-refractivity contribution in [3.8, 4) is 11.5 Å². The van der Waals surface area contributed by atoms with E-state index < -0.39 is 0 Å². The van der Waals surface area contributed by atoms with Gasteiger partial charge in [0, 0.05) is 23.4 Å². The van der Waals surface area contributed by atoms with Crippen molar-refractivity contribution in [3.05, 3.63) is 53.5 Å². The van der Waals surface area contributed by atoms with Crippen molar-refractivity contribution in [1.29, 1.82) is 0 Å². The average molecular weight is 471 g/mol. The molecule has 0 spiro atoms. The van der Waals surface area contributed by atoms with E-state index in [1.54, 1.807) is 30.6 Å². The second kappa shape index (κ2) is 9.46. The number of rotatable bonds is 7. The van der Waals surface area contributed by atoms with Crippen LogP contribution < -0.4 is 10.1 Å². The first-order valence-electron chi connectivity index (χ1n) is 9.21. The Labute approximate surface area is 190 Å². The van der Waals surface area contributed by atoms with Crippen LogP contribution in [0.4, 0.5) is 10.8 Å². The number of nitrogens with one attached hydrogen (secondary N) is 1. The predicted octanol–water partition coefficient (Wildman–Crippen LogP) is 5.34. The van der Waals surface area contributed by atoms with Gasteiger partial charge >= 0.3 is 0 Å². The summed E-state index contributed by atoms with van der Waals surface area (Å²) in [5.41, 5.74) is 2.16. The summed E-state index contributed by atoms with van der Waals surface area (Å²) in [6.07, 6.45) is 3.25. The molecule has 0 aliphatic carbocycles. The fourth-order valence-corrected chi connectivity index (χ4v) is 5.45. The van der Waals surface area contributed by atoms with Crippen molar-refractivity contribution in [1.82, 2.24) is 9.97 Å². The Kier molecular flexibility index (Phi) is 6.50. The normalized spacial score (nSPS) is 12.3. The van der Waals surface area contributed by atoms with Crippen LogP contribution in [-0.4, -0.2) is 39.6 Å². The lowest BCUT2D eigenvalue weighted by Gasteiger charge is -2.07. The number of aliphatic imine (C=N–C) groups is 1. The number of methoxy groups -OCH3 is 1. The predicted molar refractivity (Wildman–Crippen MR) is 128 cm³/mol. The van der Waals surface area contributed by atoms with Crippen molar-refractivity contribution in [2.45, 2.75) is 16.5 Å². The number of phenols is 1. The van der Waals surface area contributed by atoms with E-state index in [2.05, 4.69) is 20.3 Å². The van der Waals surface area contributed by atoms with Gasteiger partial charge in [0.2, 0.25) is 5.91 Å². The Bertz CT molecular complexity index is 1240. The van der Waals surface area contributed by atoms with Gasteiger partial charge in [-0.3, -0.25) is 9.79 Å². The zero-order valence-corrected chi connectivity index (χ0v) is 19.1. The number of aromatic hydroxyl groups is 1. The lowest BCUT2D eigenvalue weighted by Crippen LogP contribution is -2.22. The molecule has 4 aromatic rings. The molecule has 0 radical (unpaired) electrons. The number of hydrogen-bond donors (Lipinski definition) is 2. The van der Waals surface area contributed by atoms with Crippen LogP contribution in [0.5, 0.6) is 11.5 Å². The number of aromatic nitrogens is 2. The van der Waals surface area contributed by atoms with Gasteiger partial charge in [0.25, 0.3) is 0 Å². The molecule has 0 fully saturated rings. The SMILES string of the molecule is COc1cccc(C=Nc2ccc3nc(S[C@H](C)C(=O)Nc4nccs4)sc3c2)c1O. The van der Waals surface area contributed by atoms with E-state index in [4.69, 9.17) is 4.74 Å². The smallest absolute Gasteiger partial charge is 0.239 e. The summed E-state index contributed by atoms with van der Waals surface area (Å²) in [7, 11) is 1.51. The summed E-state index contributed by atoms with van der Waals surface area (Å²) in [4.78, 5) is 25.5. The van der Waals surface area contributed by atoms with E-state index in [9.17, 15) is 9.90 Å². The number of thiazole rings is 2. The molecule has 10 heteroatoms. The number of thioether (sulfide) groups is 1. The number of amides is 1. The number of hydrogen-bond acceptors (Lipinski definition) is 9. The number of fused-ring (bicyclic) bond motifs is 1. The number of benzene rings is 2. The molecule has 0 bridgehead atoms. The highest BCUT2D eigenvalue weighted by atomic mass is 32.2. The molecular weight excluding hydrogens is 452 g/mol. The summed E-state index contributed by atoms with van der Waals surface area (Å²) in [5, 5.41) is 15.1. The van der Waals surface area contributed by atoms with Gasteiger partial charge in [-0.05, 0) is 37.3 Å². The molecule has 31 heavy (non-hydrogen) atoms. The van der Waals surface area contributed by atoms with Crippen LogP contribution in [0.15, 0.2) is 57.3 Å². The molecule has 2 heterocycles. The second-order valence-corrected chi connectivity index (χ2v) is 9.89. The third-order valence-corrected chi connectivity index (χ3v) is 7.17. The molecule has 1 atom stereocenters. The first kappa shape index (κ1) is 21.3. The fraction of sp³-hybridized carbons (Fsp3) is 0.143.